The van der Waals surface area contributed by atoms with Gasteiger partial charge in [0.15, 0.2) is 0 Å². The first-order valence-electron chi connectivity index (χ1n) is 8.44. The lowest BCUT2D eigenvalue weighted by molar-refractivity contribution is -0.188. The Morgan fingerprint density at radius 1 is 1.00 bits per heavy atom. The summed E-state index contributed by atoms with van der Waals surface area (Å²) in [6.45, 7) is 9.19. The quantitative estimate of drug-likeness (QED) is 0.728. The number of carbonyl (C=O) groups excluding carboxylic acids is 1. The Morgan fingerprint density at radius 3 is 2.40 bits per heavy atom. The van der Waals surface area contributed by atoms with Crippen LogP contribution in [-0.2, 0) is 4.79 Å². The Balaban J connectivity index is 2.06. The van der Waals surface area contributed by atoms with Crippen molar-refractivity contribution in [3.63, 3.8) is 0 Å². The molecular formula is C18H30O2. The standard InChI is InChI=1S/C18H30O2/c1-16(2)9-6-10-17(3)12-7-5-8-14(19)18(12,4)15(20)11-13(16)17/h12-14,19H,5-11H2,1-4H3/t12-,13+,14+,17-,18+/m1/s1. The predicted molar refractivity (Wildman–Crippen MR) is 80.3 cm³/mol. The zero-order valence-electron chi connectivity index (χ0n) is 13.5. The van der Waals surface area contributed by atoms with Crippen LogP contribution >= 0.6 is 0 Å². The first kappa shape index (κ1) is 14.6. The van der Waals surface area contributed by atoms with Crippen molar-refractivity contribution in [1.29, 1.82) is 0 Å². The van der Waals surface area contributed by atoms with Crippen molar-refractivity contribution in [3.8, 4) is 0 Å². The van der Waals surface area contributed by atoms with Crippen LogP contribution in [0.3, 0.4) is 0 Å². The third kappa shape index (κ3) is 1.70. The van der Waals surface area contributed by atoms with E-state index >= 15 is 0 Å². The smallest absolute Gasteiger partial charge is 0.141 e. The molecule has 0 radical (unpaired) electrons. The Labute approximate surface area is 123 Å². The van der Waals surface area contributed by atoms with E-state index in [0.29, 0.717) is 24.0 Å². The molecule has 20 heavy (non-hydrogen) atoms. The van der Waals surface area contributed by atoms with E-state index in [1.165, 1.54) is 19.3 Å². The van der Waals surface area contributed by atoms with Gasteiger partial charge in [0.1, 0.15) is 5.78 Å². The Kier molecular flexibility index (Phi) is 3.14. The molecule has 3 saturated carbocycles. The van der Waals surface area contributed by atoms with Crippen LogP contribution in [0.1, 0.15) is 72.6 Å². The highest BCUT2D eigenvalue weighted by Gasteiger charge is 2.64. The van der Waals surface area contributed by atoms with E-state index in [2.05, 4.69) is 27.7 Å². The van der Waals surface area contributed by atoms with Gasteiger partial charge in [0.25, 0.3) is 0 Å². The molecule has 3 fully saturated rings. The van der Waals surface area contributed by atoms with Gasteiger partial charge in [-0.15, -0.1) is 0 Å². The van der Waals surface area contributed by atoms with E-state index in [1.807, 2.05) is 0 Å². The van der Waals surface area contributed by atoms with Crippen molar-refractivity contribution >= 4 is 5.78 Å². The maximum Gasteiger partial charge on any atom is 0.141 e. The molecule has 0 spiro atoms. The lowest BCUT2D eigenvalue weighted by atomic mass is 9.40. The van der Waals surface area contributed by atoms with Crippen LogP contribution in [0.15, 0.2) is 0 Å². The van der Waals surface area contributed by atoms with Crippen molar-refractivity contribution < 1.29 is 9.90 Å². The van der Waals surface area contributed by atoms with Crippen LogP contribution in [0.4, 0.5) is 0 Å². The van der Waals surface area contributed by atoms with Crippen LogP contribution in [0.2, 0.25) is 0 Å². The molecule has 1 N–H and O–H groups in total. The average Bonchev–Trinajstić information content (AvgIpc) is 2.35. The number of fused-ring (bicyclic) bond motifs is 3. The fourth-order valence-corrected chi connectivity index (χ4v) is 6.24. The summed E-state index contributed by atoms with van der Waals surface area (Å²) in [6.07, 6.45) is 7.04. The third-order valence-corrected chi connectivity index (χ3v) is 7.45. The zero-order valence-corrected chi connectivity index (χ0v) is 13.5. The molecule has 0 aromatic carbocycles. The molecule has 0 aromatic heterocycles. The van der Waals surface area contributed by atoms with Gasteiger partial charge in [0.05, 0.1) is 11.5 Å². The molecule has 114 valence electrons. The van der Waals surface area contributed by atoms with E-state index in [1.54, 1.807) is 0 Å². The van der Waals surface area contributed by atoms with Crippen molar-refractivity contribution in [2.45, 2.75) is 78.7 Å². The van der Waals surface area contributed by atoms with Gasteiger partial charge in [-0.25, -0.2) is 0 Å². The van der Waals surface area contributed by atoms with Crippen molar-refractivity contribution in [2.75, 3.05) is 0 Å². The zero-order chi connectivity index (χ0) is 14.8. The maximum absolute atomic E-state index is 12.9. The molecule has 0 aromatic rings. The second-order valence-electron chi connectivity index (χ2n) is 8.81. The SMILES string of the molecule is CC1(C)CCC[C@]2(C)[C@H]3CCC[C@H](O)[C@@]3(C)C(=O)C[C@@H]12. The molecule has 0 saturated heterocycles. The summed E-state index contributed by atoms with van der Waals surface area (Å²) >= 11 is 0. The number of carbonyl (C=O) groups is 1. The van der Waals surface area contributed by atoms with Crippen molar-refractivity contribution in [3.05, 3.63) is 0 Å². The number of aliphatic hydroxyl groups excluding tert-OH is 1. The number of rotatable bonds is 0. The minimum absolute atomic E-state index is 0.242. The number of hydrogen-bond donors (Lipinski definition) is 1. The summed E-state index contributed by atoms with van der Waals surface area (Å²) in [4.78, 5) is 12.9. The van der Waals surface area contributed by atoms with Gasteiger partial charge < -0.3 is 5.11 Å². The lowest BCUT2D eigenvalue weighted by Gasteiger charge is -2.63. The summed E-state index contributed by atoms with van der Waals surface area (Å²) in [7, 11) is 0. The number of aliphatic hydroxyl groups is 1. The minimum Gasteiger partial charge on any atom is -0.392 e. The molecule has 5 atom stereocenters. The Bertz CT molecular complexity index is 427. The molecule has 3 aliphatic carbocycles. The highest BCUT2D eigenvalue weighted by atomic mass is 16.3. The molecule has 0 unspecified atom stereocenters. The lowest BCUT2D eigenvalue weighted by Crippen LogP contribution is -2.63. The van der Waals surface area contributed by atoms with Gasteiger partial charge in [-0.1, -0.05) is 33.6 Å². The van der Waals surface area contributed by atoms with E-state index < -0.39 is 11.5 Å². The first-order valence-corrected chi connectivity index (χ1v) is 8.44. The summed E-state index contributed by atoms with van der Waals surface area (Å²) in [5, 5.41) is 10.5. The van der Waals surface area contributed by atoms with E-state index in [4.69, 9.17) is 0 Å². The number of hydrogen-bond acceptors (Lipinski definition) is 2. The Hall–Kier alpha value is -0.370. The summed E-state index contributed by atoms with van der Waals surface area (Å²) in [6, 6.07) is 0. The van der Waals surface area contributed by atoms with Crippen LogP contribution in [0.25, 0.3) is 0 Å². The monoisotopic (exact) mass is 278 g/mol. The highest BCUT2D eigenvalue weighted by molar-refractivity contribution is 5.87. The highest BCUT2D eigenvalue weighted by Crippen LogP contribution is 2.66. The van der Waals surface area contributed by atoms with Gasteiger partial charge in [0.2, 0.25) is 0 Å². The van der Waals surface area contributed by atoms with Gasteiger partial charge in [-0.3, -0.25) is 4.79 Å². The summed E-state index contributed by atoms with van der Waals surface area (Å²) in [5.74, 6) is 1.22. The summed E-state index contributed by atoms with van der Waals surface area (Å²) < 4.78 is 0. The molecule has 3 aliphatic rings. The van der Waals surface area contributed by atoms with Crippen molar-refractivity contribution in [1.82, 2.24) is 0 Å². The van der Waals surface area contributed by atoms with E-state index in [0.717, 1.165) is 19.3 Å². The van der Waals surface area contributed by atoms with Crippen molar-refractivity contribution in [2.24, 2.45) is 28.1 Å². The van der Waals surface area contributed by atoms with E-state index in [9.17, 15) is 9.90 Å². The van der Waals surface area contributed by atoms with Crippen LogP contribution < -0.4 is 0 Å². The topological polar surface area (TPSA) is 37.3 Å². The molecular weight excluding hydrogens is 248 g/mol. The molecule has 0 bridgehead atoms. The fourth-order valence-electron chi connectivity index (χ4n) is 6.24. The fraction of sp³-hybridized carbons (Fsp3) is 0.944. The molecule has 2 nitrogen and oxygen atoms in total. The van der Waals surface area contributed by atoms with E-state index in [-0.39, 0.29) is 10.8 Å². The average molecular weight is 278 g/mol. The van der Waals surface area contributed by atoms with Crippen LogP contribution in [0, 0.1) is 28.1 Å². The van der Waals surface area contributed by atoms with Gasteiger partial charge in [-0.05, 0) is 55.3 Å². The third-order valence-electron chi connectivity index (χ3n) is 7.45. The Morgan fingerprint density at radius 2 is 1.70 bits per heavy atom. The number of Topliss-reactive ketones (excluding diaryl/α,β-unsaturated/α-hetero) is 1. The maximum atomic E-state index is 12.9. The van der Waals surface area contributed by atoms with Gasteiger partial charge in [0, 0.05) is 6.42 Å². The van der Waals surface area contributed by atoms with Crippen LogP contribution in [0.5, 0.6) is 0 Å². The second kappa shape index (κ2) is 4.32. The summed E-state index contributed by atoms with van der Waals surface area (Å²) in [5.41, 5.74) is 0.0368. The molecule has 2 heteroatoms. The largest absolute Gasteiger partial charge is 0.392 e. The van der Waals surface area contributed by atoms with Crippen LogP contribution in [-0.4, -0.2) is 17.0 Å². The van der Waals surface area contributed by atoms with Gasteiger partial charge in [-0.2, -0.15) is 0 Å². The second-order valence-corrected chi connectivity index (χ2v) is 8.81. The predicted octanol–water partition coefficient (Wildman–Crippen LogP) is 3.96. The molecule has 0 amide bonds. The first-order chi connectivity index (χ1) is 9.23. The molecule has 0 heterocycles. The minimum atomic E-state index is -0.475. The number of ketones is 1. The molecule has 0 aliphatic heterocycles. The normalized spacial score (nSPS) is 51.2. The molecule has 3 rings (SSSR count). The van der Waals surface area contributed by atoms with Gasteiger partial charge >= 0.3 is 0 Å².